The maximum absolute atomic E-state index is 12.7. The van der Waals surface area contributed by atoms with Crippen molar-refractivity contribution >= 4 is 39.8 Å². The van der Waals surface area contributed by atoms with Crippen molar-refractivity contribution < 1.29 is 17.9 Å². The predicted molar refractivity (Wildman–Crippen MR) is 127 cm³/mol. The Morgan fingerprint density at radius 2 is 1.89 bits per heavy atom. The molecule has 3 aromatic heterocycles. The molecule has 0 radical (unpaired) electrons. The number of alkyl halides is 3. The number of ether oxygens (including phenoxy) is 1. The van der Waals surface area contributed by atoms with Crippen LogP contribution in [-0.2, 0) is 0 Å². The number of halogens is 4. The van der Waals surface area contributed by atoms with Crippen molar-refractivity contribution in [3.8, 4) is 17.0 Å². The molecule has 0 N–H and O–H groups in total. The van der Waals surface area contributed by atoms with Gasteiger partial charge in [0.25, 0.3) is 5.78 Å². The van der Waals surface area contributed by atoms with E-state index in [0.717, 1.165) is 34.6 Å². The molecule has 11 heteroatoms. The van der Waals surface area contributed by atoms with Gasteiger partial charge in [-0.2, -0.15) is 18.2 Å². The van der Waals surface area contributed by atoms with Gasteiger partial charge in [-0.1, -0.05) is 23.7 Å². The Morgan fingerprint density at radius 3 is 2.63 bits per heavy atom. The molecule has 1 atom stereocenters. The normalized spacial score (nSPS) is 12.7. The van der Waals surface area contributed by atoms with Crippen LogP contribution in [-0.4, -0.2) is 43.9 Å². The lowest BCUT2D eigenvalue weighted by atomic mass is 10.1. The first-order valence-corrected chi connectivity index (χ1v) is 10.9. The summed E-state index contributed by atoms with van der Waals surface area (Å²) in [7, 11) is 1.88. The average molecular weight is 499 g/mol. The second kappa shape index (κ2) is 8.70. The van der Waals surface area contributed by atoms with Crippen LogP contribution in [0.3, 0.4) is 0 Å². The molecule has 0 spiro atoms. The summed E-state index contributed by atoms with van der Waals surface area (Å²) in [6.07, 6.45) is -3.34. The van der Waals surface area contributed by atoms with Crippen LogP contribution in [0.5, 0.6) is 5.88 Å². The summed E-state index contributed by atoms with van der Waals surface area (Å²) in [5, 5.41) is 9.48. The van der Waals surface area contributed by atoms with E-state index in [1.54, 1.807) is 22.9 Å². The Balaban J connectivity index is 1.48. The summed E-state index contributed by atoms with van der Waals surface area (Å²) in [6, 6.07) is 16.2. The van der Waals surface area contributed by atoms with Crippen molar-refractivity contribution in [2.75, 3.05) is 11.9 Å². The van der Waals surface area contributed by atoms with Gasteiger partial charge in [0.2, 0.25) is 5.88 Å². The first-order chi connectivity index (χ1) is 16.7. The number of rotatable bonds is 5. The maximum atomic E-state index is 12.7. The highest BCUT2D eigenvalue weighted by atomic mass is 35.5. The van der Waals surface area contributed by atoms with Gasteiger partial charge in [-0.05, 0) is 48.9 Å². The Hall–Kier alpha value is -3.92. The molecule has 0 fully saturated rings. The quantitative estimate of drug-likeness (QED) is 0.292. The van der Waals surface area contributed by atoms with Gasteiger partial charge in [-0.3, -0.25) is 4.40 Å². The first kappa shape index (κ1) is 22.9. The van der Waals surface area contributed by atoms with Crippen LogP contribution in [0.4, 0.5) is 24.7 Å². The molecule has 0 saturated heterocycles. The van der Waals surface area contributed by atoms with Crippen LogP contribution >= 0.6 is 11.6 Å². The van der Waals surface area contributed by atoms with Crippen LogP contribution in [0, 0.1) is 0 Å². The van der Waals surface area contributed by atoms with E-state index in [1.807, 2.05) is 48.3 Å². The van der Waals surface area contributed by atoms with E-state index in [2.05, 4.69) is 20.2 Å². The van der Waals surface area contributed by atoms with Crippen molar-refractivity contribution in [3.63, 3.8) is 0 Å². The molecule has 0 bridgehead atoms. The van der Waals surface area contributed by atoms with E-state index >= 15 is 0 Å². The minimum absolute atomic E-state index is 0.0946. The molecule has 0 aliphatic heterocycles. The maximum Gasteiger partial charge on any atom is 0.425 e. The van der Waals surface area contributed by atoms with Gasteiger partial charge in [0, 0.05) is 41.0 Å². The standard InChI is InChI=1S/C24H18ClF3N6O/c1-14(24(26,27)28)35-21-9-6-16(12-29-21)15-4-3-5-18(10-15)33(2)22-19-8-7-17(25)11-20(19)34-13-30-32-23(34)31-22/h3-14H,1-2H3/t14-/m1/s1. The number of benzene rings is 2. The highest BCUT2D eigenvalue weighted by molar-refractivity contribution is 6.31. The predicted octanol–water partition coefficient (Wildman–Crippen LogP) is 6.09. The fourth-order valence-corrected chi connectivity index (χ4v) is 3.83. The lowest BCUT2D eigenvalue weighted by molar-refractivity contribution is -0.189. The van der Waals surface area contributed by atoms with Crippen molar-refractivity contribution in [1.29, 1.82) is 0 Å². The van der Waals surface area contributed by atoms with Gasteiger partial charge >= 0.3 is 6.18 Å². The molecule has 0 unspecified atom stereocenters. The van der Waals surface area contributed by atoms with Gasteiger partial charge in [0.15, 0.2) is 6.10 Å². The average Bonchev–Trinajstić information content (AvgIpc) is 3.32. The van der Waals surface area contributed by atoms with E-state index in [1.165, 1.54) is 12.3 Å². The minimum Gasteiger partial charge on any atom is -0.465 e. The number of anilines is 2. The molecule has 0 amide bonds. The second-order valence-electron chi connectivity index (χ2n) is 7.89. The van der Waals surface area contributed by atoms with Crippen molar-refractivity contribution in [3.05, 3.63) is 72.1 Å². The number of fused-ring (bicyclic) bond motifs is 3. The molecule has 7 nitrogen and oxygen atoms in total. The third-order valence-corrected chi connectivity index (χ3v) is 5.81. The number of hydrogen-bond acceptors (Lipinski definition) is 6. The first-order valence-electron chi connectivity index (χ1n) is 10.5. The summed E-state index contributed by atoms with van der Waals surface area (Å²) >= 11 is 6.23. The van der Waals surface area contributed by atoms with E-state index in [-0.39, 0.29) is 5.88 Å². The van der Waals surface area contributed by atoms with E-state index in [9.17, 15) is 13.2 Å². The van der Waals surface area contributed by atoms with E-state index in [4.69, 9.17) is 16.3 Å². The Morgan fingerprint density at radius 1 is 1.06 bits per heavy atom. The van der Waals surface area contributed by atoms with Crippen LogP contribution < -0.4 is 9.64 Å². The van der Waals surface area contributed by atoms with Crippen molar-refractivity contribution in [2.24, 2.45) is 0 Å². The topological polar surface area (TPSA) is 68.4 Å². The van der Waals surface area contributed by atoms with Crippen LogP contribution in [0.2, 0.25) is 5.02 Å². The fraction of sp³-hybridized carbons (Fsp3) is 0.167. The largest absolute Gasteiger partial charge is 0.465 e. The summed E-state index contributed by atoms with van der Waals surface area (Å²) < 4.78 is 44.9. The molecule has 0 saturated carbocycles. The smallest absolute Gasteiger partial charge is 0.425 e. The zero-order valence-corrected chi connectivity index (χ0v) is 19.3. The Labute approximate surface area is 202 Å². The summed E-state index contributed by atoms with van der Waals surface area (Å²) in [5.41, 5.74) is 3.21. The van der Waals surface area contributed by atoms with E-state index < -0.39 is 12.3 Å². The third kappa shape index (κ3) is 4.44. The lowest BCUT2D eigenvalue weighted by Crippen LogP contribution is -2.31. The Bertz CT molecular complexity index is 1520. The van der Waals surface area contributed by atoms with E-state index in [0.29, 0.717) is 16.6 Å². The highest BCUT2D eigenvalue weighted by Gasteiger charge is 2.38. The summed E-state index contributed by atoms with van der Waals surface area (Å²) in [6.45, 7) is 0.942. The zero-order chi connectivity index (χ0) is 24.7. The van der Waals surface area contributed by atoms with Crippen LogP contribution in [0.1, 0.15) is 6.92 Å². The molecule has 5 rings (SSSR count). The monoisotopic (exact) mass is 498 g/mol. The second-order valence-corrected chi connectivity index (χ2v) is 8.33. The van der Waals surface area contributed by atoms with Crippen LogP contribution in [0.25, 0.3) is 27.8 Å². The minimum atomic E-state index is -4.46. The summed E-state index contributed by atoms with van der Waals surface area (Å²) in [5.74, 6) is 1.01. The van der Waals surface area contributed by atoms with Gasteiger partial charge in [0.05, 0.1) is 5.52 Å². The molecule has 0 aliphatic carbocycles. The summed E-state index contributed by atoms with van der Waals surface area (Å²) in [4.78, 5) is 10.6. The number of hydrogen-bond donors (Lipinski definition) is 0. The van der Waals surface area contributed by atoms with Crippen LogP contribution in [0.15, 0.2) is 67.1 Å². The number of pyridine rings is 1. The molecular weight excluding hydrogens is 481 g/mol. The zero-order valence-electron chi connectivity index (χ0n) is 18.5. The van der Waals surface area contributed by atoms with Gasteiger partial charge in [0.1, 0.15) is 12.1 Å². The highest BCUT2D eigenvalue weighted by Crippen LogP contribution is 2.33. The fourth-order valence-electron chi connectivity index (χ4n) is 3.66. The molecule has 5 aromatic rings. The van der Waals surface area contributed by atoms with Gasteiger partial charge in [-0.15, -0.1) is 10.2 Å². The lowest BCUT2D eigenvalue weighted by Gasteiger charge is -2.21. The number of aromatic nitrogens is 5. The van der Waals surface area contributed by atoms with Crippen molar-refractivity contribution in [1.82, 2.24) is 24.6 Å². The van der Waals surface area contributed by atoms with Crippen molar-refractivity contribution in [2.45, 2.75) is 19.2 Å². The SMILES string of the molecule is C[C@@H](Oc1ccc(-c2cccc(N(C)c3nc4nncn4c4cc(Cl)ccc34)c2)cn1)C(F)(F)F. The molecule has 0 aliphatic rings. The van der Waals surface area contributed by atoms with Gasteiger partial charge < -0.3 is 9.64 Å². The number of nitrogens with zero attached hydrogens (tertiary/aromatic N) is 6. The molecule has 3 heterocycles. The molecule has 178 valence electrons. The molecular formula is C24H18ClF3N6O. The molecule has 35 heavy (non-hydrogen) atoms. The third-order valence-electron chi connectivity index (χ3n) is 5.58. The van der Waals surface area contributed by atoms with Gasteiger partial charge in [-0.25, -0.2) is 4.98 Å². The molecule has 2 aromatic carbocycles. The Kier molecular flexibility index (Phi) is 5.68.